The van der Waals surface area contributed by atoms with Gasteiger partial charge < -0.3 is 14.9 Å². The maximum atomic E-state index is 12.6. The standard InChI is InChI=1S/C19H21NO4/c1-2-8-20-9-7-18-15-11-3-4-12(21)16(15)24-17(18)13(22)5-6-19(18,23)14(20)10-11/h2-4,14,17,21,23H,1,5-10H2/t14-,17?,18+,19-/m0/s1. The molecule has 1 aromatic rings. The van der Waals surface area contributed by atoms with E-state index in [1.807, 2.05) is 12.1 Å². The van der Waals surface area contributed by atoms with Crippen molar-refractivity contribution in [1.82, 2.24) is 4.90 Å². The Hall–Kier alpha value is -1.85. The molecule has 1 saturated heterocycles. The van der Waals surface area contributed by atoms with E-state index < -0.39 is 17.1 Å². The predicted molar refractivity (Wildman–Crippen MR) is 87.3 cm³/mol. The van der Waals surface area contributed by atoms with E-state index >= 15 is 0 Å². The second-order valence-corrected chi connectivity index (χ2v) is 7.56. The lowest BCUT2D eigenvalue weighted by Gasteiger charge is -2.62. The number of rotatable bonds is 2. The molecule has 5 rings (SSSR count). The van der Waals surface area contributed by atoms with Crippen LogP contribution in [-0.4, -0.2) is 51.7 Å². The van der Waals surface area contributed by atoms with Gasteiger partial charge in [0, 0.05) is 31.1 Å². The number of carbonyl (C=O) groups is 1. The van der Waals surface area contributed by atoms with Crippen molar-refractivity contribution < 1.29 is 19.7 Å². The highest BCUT2D eigenvalue weighted by molar-refractivity contribution is 5.90. The number of phenolic OH excluding ortho intramolecular Hbond substituents is 1. The first kappa shape index (κ1) is 14.5. The number of piperidine rings is 1. The number of nitrogens with zero attached hydrogens (tertiary/aromatic N) is 1. The summed E-state index contributed by atoms with van der Waals surface area (Å²) in [4.78, 5) is 14.9. The van der Waals surface area contributed by atoms with Gasteiger partial charge in [-0.25, -0.2) is 0 Å². The number of Topliss-reactive ketones (excluding diaryl/α,β-unsaturated/α-hetero) is 1. The monoisotopic (exact) mass is 327 g/mol. The molecule has 5 nitrogen and oxygen atoms in total. The third-order valence-corrected chi connectivity index (χ3v) is 6.73. The van der Waals surface area contributed by atoms with Crippen molar-refractivity contribution >= 4 is 5.78 Å². The Morgan fingerprint density at radius 2 is 2.25 bits per heavy atom. The molecule has 1 unspecified atom stereocenters. The first-order valence-electron chi connectivity index (χ1n) is 8.65. The van der Waals surface area contributed by atoms with Crippen LogP contribution in [0.1, 0.15) is 30.4 Å². The fraction of sp³-hybridized carbons (Fsp3) is 0.526. The third kappa shape index (κ3) is 1.38. The van der Waals surface area contributed by atoms with E-state index in [1.165, 1.54) is 0 Å². The van der Waals surface area contributed by atoms with Crippen LogP contribution in [0.15, 0.2) is 24.8 Å². The van der Waals surface area contributed by atoms with Crippen molar-refractivity contribution in [3.8, 4) is 11.5 Å². The zero-order chi connectivity index (χ0) is 16.7. The van der Waals surface area contributed by atoms with E-state index in [1.54, 1.807) is 6.07 Å². The molecule has 0 radical (unpaired) electrons. The van der Waals surface area contributed by atoms with Crippen LogP contribution >= 0.6 is 0 Å². The molecule has 2 fully saturated rings. The lowest BCUT2D eigenvalue weighted by atomic mass is 9.49. The van der Waals surface area contributed by atoms with Crippen LogP contribution in [0.5, 0.6) is 11.5 Å². The molecule has 1 aromatic carbocycles. The number of phenols is 1. The van der Waals surface area contributed by atoms with Crippen molar-refractivity contribution in [2.45, 2.75) is 48.8 Å². The van der Waals surface area contributed by atoms with Gasteiger partial charge in [-0.3, -0.25) is 9.69 Å². The average Bonchev–Trinajstić information content (AvgIpc) is 2.91. The van der Waals surface area contributed by atoms with E-state index in [4.69, 9.17) is 4.74 Å². The number of aliphatic hydroxyl groups is 1. The molecule has 4 aliphatic rings. The molecule has 24 heavy (non-hydrogen) atoms. The van der Waals surface area contributed by atoms with Gasteiger partial charge in [-0.1, -0.05) is 12.1 Å². The Balaban J connectivity index is 1.80. The number of benzene rings is 1. The molecular formula is C19H21NO4. The van der Waals surface area contributed by atoms with Gasteiger partial charge in [-0.05, 0) is 30.9 Å². The summed E-state index contributed by atoms with van der Waals surface area (Å²) in [5.41, 5.74) is 0.256. The van der Waals surface area contributed by atoms with Gasteiger partial charge in [-0.15, -0.1) is 6.58 Å². The molecule has 2 bridgehead atoms. The summed E-state index contributed by atoms with van der Waals surface area (Å²) in [6.45, 7) is 5.36. The Bertz CT molecular complexity index is 775. The van der Waals surface area contributed by atoms with Gasteiger partial charge in [-0.2, -0.15) is 0 Å². The molecule has 0 aromatic heterocycles. The van der Waals surface area contributed by atoms with E-state index in [0.717, 1.165) is 24.2 Å². The molecule has 2 N–H and O–H groups in total. The van der Waals surface area contributed by atoms with Crippen LogP contribution in [0.3, 0.4) is 0 Å². The number of likely N-dealkylation sites (tertiary alicyclic amines) is 1. The molecule has 0 amide bonds. The largest absolute Gasteiger partial charge is 0.504 e. The fourth-order valence-corrected chi connectivity index (χ4v) is 5.80. The topological polar surface area (TPSA) is 70.0 Å². The summed E-state index contributed by atoms with van der Waals surface area (Å²) in [5, 5.41) is 22.1. The smallest absolute Gasteiger partial charge is 0.174 e. The number of hydrogen-bond donors (Lipinski definition) is 2. The normalized spacial score (nSPS) is 39.3. The van der Waals surface area contributed by atoms with Gasteiger partial charge in [0.15, 0.2) is 23.4 Å². The minimum atomic E-state index is -1.00. The van der Waals surface area contributed by atoms with Crippen molar-refractivity contribution in [3.05, 3.63) is 35.9 Å². The van der Waals surface area contributed by atoms with Crippen LogP contribution in [0.2, 0.25) is 0 Å². The molecule has 1 saturated carbocycles. The number of aromatic hydroxyl groups is 1. The van der Waals surface area contributed by atoms with Crippen molar-refractivity contribution in [2.24, 2.45) is 0 Å². The summed E-state index contributed by atoms with van der Waals surface area (Å²) in [6.07, 6.45) is 3.35. The summed E-state index contributed by atoms with van der Waals surface area (Å²) in [5.74, 6) is 0.528. The highest BCUT2D eigenvalue weighted by Crippen LogP contribution is 2.64. The van der Waals surface area contributed by atoms with Gasteiger partial charge in [0.05, 0.1) is 11.0 Å². The highest BCUT2D eigenvalue weighted by Gasteiger charge is 2.72. The molecule has 5 heteroatoms. The number of carbonyl (C=O) groups excluding carboxylic acids is 1. The number of hydrogen-bond acceptors (Lipinski definition) is 5. The van der Waals surface area contributed by atoms with E-state index in [0.29, 0.717) is 31.4 Å². The van der Waals surface area contributed by atoms with E-state index in [-0.39, 0.29) is 17.6 Å². The quantitative estimate of drug-likeness (QED) is 0.802. The van der Waals surface area contributed by atoms with Crippen LogP contribution in [0, 0.1) is 0 Å². The van der Waals surface area contributed by atoms with Crippen molar-refractivity contribution in [2.75, 3.05) is 13.1 Å². The fourth-order valence-electron chi connectivity index (χ4n) is 5.80. The minimum absolute atomic E-state index is 0.0408. The Morgan fingerprint density at radius 3 is 3.04 bits per heavy atom. The number of ketones is 1. The van der Waals surface area contributed by atoms with Gasteiger partial charge >= 0.3 is 0 Å². The molecule has 2 heterocycles. The van der Waals surface area contributed by atoms with Crippen molar-refractivity contribution in [3.63, 3.8) is 0 Å². The predicted octanol–water partition coefficient (Wildman–Crippen LogP) is 1.30. The maximum Gasteiger partial charge on any atom is 0.174 e. The Kier molecular flexibility index (Phi) is 2.66. The summed E-state index contributed by atoms with van der Waals surface area (Å²) in [6, 6.07) is 3.52. The van der Waals surface area contributed by atoms with Crippen LogP contribution in [-0.2, 0) is 16.6 Å². The first-order chi connectivity index (χ1) is 11.5. The Morgan fingerprint density at radius 1 is 1.42 bits per heavy atom. The van der Waals surface area contributed by atoms with Gasteiger partial charge in [0.1, 0.15) is 0 Å². The molecule has 1 spiro atoms. The molecule has 126 valence electrons. The van der Waals surface area contributed by atoms with Crippen LogP contribution in [0.25, 0.3) is 0 Å². The first-order valence-corrected chi connectivity index (χ1v) is 8.65. The summed E-state index contributed by atoms with van der Waals surface area (Å²) >= 11 is 0. The zero-order valence-electron chi connectivity index (χ0n) is 13.5. The van der Waals surface area contributed by atoms with Crippen LogP contribution in [0.4, 0.5) is 0 Å². The molecule has 2 aliphatic heterocycles. The second kappa shape index (κ2) is 4.41. The average molecular weight is 327 g/mol. The summed E-state index contributed by atoms with van der Waals surface area (Å²) < 4.78 is 5.98. The molecule has 2 aliphatic carbocycles. The van der Waals surface area contributed by atoms with Gasteiger partial charge in [0.25, 0.3) is 0 Å². The van der Waals surface area contributed by atoms with E-state index in [2.05, 4.69) is 11.5 Å². The Labute approximate surface area is 140 Å². The maximum absolute atomic E-state index is 12.6. The second-order valence-electron chi connectivity index (χ2n) is 7.56. The zero-order valence-corrected chi connectivity index (χ0v) is 13.5. The van der Waals surface area contributed by atoms with Crippen molar-refractivity contribution in [1.29, 1.82) is 0 Å². The third-order valence-electron chi connectivity index (χ3n) is 6.73. The van der Waals surface area contributed by atoms with Crippen LogP contribution < -0.4 is 4.74 Å². The summed E-state index contributed by atoms with van der Waals surface area (Å²) in [7, 11) is 0. The lowest BCUT2D eigenvalue weighted by Crippen LogP contribution is -2.76. The molecule has 4 atom stereocenters. The molecular weight excluding hydrogens is 306 g/mol. The highest BCUT2D eigenvalue weighted by atomic mass is 16.5. The van der Waals surface area contributed by atoms with E-state index in [9.17, 15) is 15.0 Å². The number of ether oxygens (including phenoxy) is 1. The minimum Gasteiger partial charge on any atom is -0.504 e. The lowest BCUT2D eigenvalue weighted by molar-refractivity contribution is -0.187. The van der Waals surface area contributed by atoms with Gasteiger partial charge in [0.2, 0.25) is 0 Å². The SMILES string of the molecule is C=CCN1CC[C@@]23c4c5ccc(O)c4OC2C(=O)CC[C@]3(O)[C@@H]1C5.